The molecule has 4 nitrogen and oxygen atoms in total. The summed E-state index contributed by atoms with van der Waals surface area (Å²) in [5.74, 6) is -0.390. The fourth-order valence-electron chi connectivity index (χ4n) is 1.68. The maximum absolute atomic E-state index is 12.0. The largest absolute Gasteiger partial charge is 0.392 e. The van der Waals surface area contributed by atoms with Crippen molar-refractivity contribution >= 4 is 40.7 Å². The lowest BCUT2D eigenvalue weighted by atomic mass is 10.2. The summed E-state index contributed by atoms with van der Waals surface area (Å²) in [6, 6.07) is 8.08. The molecule has 0 saturated heterocycles. The predicted octanol–water partition coefficient (Wildman–Crippen LogP) is 3.46. The highest BCUT2D eigenvalue weighted by Crippen LogP contribution is 2.22. The van der Waals surface area contributed by atoms with Gasteiger partial charge >= 0.3 is 0 Å². The molecule has 2 aromatic rings. The number of pyridine rings is 1. The van der Waals surface area contributed by atoms with Gasteiger partial charge in [0.05, 0.1) is 16.7 Å². The molecule has 1 aromatic carbocycles. The molecule has 1 heterocycles. The van der Waals surface area contributed by atoms with Gasteiger partial charge in [-0.05, 0) is 35.4 Å². The lowest BCUT2D eigenvalue weighted by Crippen LogP contribution is -2.24. The third-order valence-corrected chi connectivity index (χ3v) is 3.64. The second-order valence-electron chi connectivity index (χ2n) is 4.27. The Morgan fingerprint density at radius 3 is 2.52 bits per heavy atom. The number of halogens is 3. The summed E-state index contributed by atoms with van der Waals surface area (Å²) in [6.45, 7) is 0.0632. The Bertz CT molecular complexity index is 677. The molecule has 0 aliphatic rings. The number of nitrogens with one attached hydrogen (secondary N) is 1. The van der Waals surface area contributed by atoms with Crippen LogP contribution in [0.25, 0.3) is 0 Å². The molecule has 1 aromatic heterocycles. The number of carbonyl (C=O) groups is 1. The van der Waals surface area contributed by atoms with Crippen LogP contribution < -0.4 is 5.32 Å². The van der Waals surface area contributed by atoms with Crippen molar-refractivity contribution in [2.24, 2.45) is 0 Å². The highest BCUT2D eigenvalue weighted by atomic mass is 35.5. The zero-order valence-electron chi connectivity index (χ0n) is 10.7. The van der Waals surface area contributed by atoms with Crippen LogP contribution in [0.4, 0.5) is 0 Å². The first kappa shape index (κ1) is 16.0. The van der Waals surface area contributed by atoms with Gasteiger partial charge in [-0.1, -0.05) is 40.9 Å². The SMILES string of the molecule is O=C(NCc1ccc(Cl)c(Cl)c1)c1cc(CO)cc(Cl)n1. The summed E-state index contributed by atoms with van der Waals surface area (Å²) in [7, 11) is 0. The molecule has 0 spiro atoms. The molecular weight excluding hydrogens is 335 g/mol. The first-order chi connectivity index (χ1) is 9.99. The molecule has 2 N–H and O–H groups in total. The lowest BCUT2D eigenvalue weighted by molar-refractivity contribution is 0.0945. The van der Waals surface area contributed by atoms with Crippen LogP contribution in [-0.2, 0) is 13.2 Å². The van der Waals surface area contributed by atoms with Crippen LogP contribution in [0.1, 0.15) is 21.6 Å². The van der Waals surface area contributed by atoms with Crippen molar-refractivity contribution in [2.45, 2.75) is 13.2 Å². The number of benzene rings is 1. The molecule has 2 rings (SSSR count). The monoisotopic (exact) mass is 344 g/mol. The average molecular weight is 346 g/mol. The van der Waals surface area contributed by atoms with Gasteiger partial charge in [0, 0.05) is 6.54 Å². The lowest BCUT2D eigenvalue weighted by Gasteiger charge is -2.07. The summed E-state index contributed by atoms with van der Waals surface area (Å²) >= 11 is 17.5. The minimum Gasteiger partial charge on any atom is -0.392 e. The van der Waals surface area contributed by atoms with Gasteiger partial charge in [0.1, 0.15) is 10.8 Å². The van der Waals surface area contributed by atoms with E-state index in [0.29, 0.717) is 15.6 Å². The van der Waals surface area contributed by atoms with Crippen LogP contribution in [0, 0.1) is 0 Å². The Morgan fingerprint density at radius 1 is 1.10 bits per heavy atom. The van der Waals surface area contributed by atoms with Gasteiger partial charge in [-0.2, -0.15) is 0 Å². The number of hydrogen-bond donors (Lipinski definition) is 2. The van der Waals surface area contributed by atoms with Gasteiger partial charge in [-0.25, -0.2) is 4.98 Å². The molecule has 7 heteroatoms. The Balaban J connectivity index is 2.07. The average Bonchev–Trinajstić information content (AvgIpc) is 2.47. The maximum atomic E-state index is 12.0. The molecule has 21 heavy (non-hydrogen) atoms. The van der Waals surface area contributed by atoms with E-state index in [2.05, 4.69) is 10.3 Å². The Morgan fingerprint density at radius 2 is 1.86 bits per heavy atom. The smallest absolute Gasteiger partial charge is 0.270 e. The number of aromatic nitrogens is 1. The van der Waals surface area contributed by atoms with Crippen LogP contribution in [0.3, 0.4) is 0 Å². The molecule has 0 aliphatic heterocycles. The standard InChI is InChI=1S/C14H11Cl3N2O2/c15-10-2-1-8(3-11(10)16)6-18-14(21)12-4-9(7-20)5-13(17)19-12/h1-5,20H,6-7H2,(H,18,21). The molecular formula is C14H11Cl3N2O2. The van der Waals surface area contributed by atoms with Crippen molar-refractivity contribution in [1.82, 2.24) is 10.3 Å². The highest BCUT2D eigenvalue weighted by Gasteiger charge is 2.10. The highest BCUT2D eigenvalue weighted by molar-refractivity contribution is 6.42. The van der Waals surface area contributed by atoms with E-state index in [4.69, 9.17) is 39.9 Å². The van der Waals surface area contributed by atoms with Crippen LogP contribution >= 0.6 is 34.8 Å². The van der Waals surface area contributed by atoms with Crippen molar-refractivity contribution in [3.05, 3.63) is 62.4 Å². The van der Waals surface area contributed by atoms with E-state index >= 15 is 0 Å². The topological polar surface area (TPSA) is 62.2 Å². The third kappa shape index (κ3) is 4.32. The summed E-state index contributed by atoms with van der Waals surface area (Å²) in [5.41, 5.74) is 1.48. The van der Waals surface area contributed by atoms with E-state index in [-0.39, 0.29) is 24.0 Å². The first-order valence-electron chi connectivity index (χ1n) is 5.99. The molecule has 0 aliphatic carbocycles. The van der Waals surface area contributed by atoms with E-state index in [1.54, 1.807) is 18.2 Å². The zero-order valence-corrected chi connectivity index (χ0v) is 13.0. The van der Waals surface area contributed by atoms with Crippen molar-refractivity contribution in [1.29, 1.82) is 0 Å². The van der Waals surface area contributed by atoms with E-state index in [1.165, 1.54) is 12.1 Å². The van der Waals surface area contributed by atoms with Crippen molar-refractivity contribution in [2.75, 3.05) is 0 Å². The van der Waals surface area contributed by atoms with Crippen LogP contribution in [0.5, 0.6) is 0 Å². The minimum absolute atomic E-state index is 0.145. The molecule has 0 radical (unpaired) electrons. The molecule has 0 atom stereocenters. The zero-order chi connectivity index (χ0) is 15.4. The first-order valence-corrected chi connectivity index (χ1v) is 7.12. The number of amides is 1. The maximum Gasteiger partial charge on any atom is 0.270 e. The van der Waals surface area contributed by atoms with Gasteiger partial charge < -0.3 is 10.4 Å². The van der Waals surface area contributed by atoms with Gasteiger partial charge in [0.2, 0.25) is 0 Å². The number of nitrogens with zero attached hydrogens (tertiary/aromatic N) is 1. The van der Waals surface area contributed by atoms with Gasteiger partial charge in [-0.3, -0.25) is 4.79 Å². The summed E-state index contributed by atoms with van der Waals surface area (Å²) in [5, 5.41) is 12.8. The minimum atomic E-state index is -0.390. The van der Waals surface area contributed by atoms with Crippen LogP contribution in [0.2, 0.25) is 15.2 Å². The number of hydrogen-bond acceptors (Lipinski definition) is 3. The molecule has 0 fully saturated rings. The Labute approximate surface area is 136 Å². The van der Waals surface area contributed by atoms with Crippen molar-refractivity contribution in [3.63, 3.8) is 0 Å². The molecule has 0 bridgehead atoms. The fraction of sp³-hybridized carbons (Fsp3) is 0.143. The normalized spacial score (nSPS) is 10.5. The number of carbonyl (C=O) groups excluding carboxylic acids is 1. The third-order valence-electron chi connectivity index (χ3n) is 2.71. The van der Waals surface area contributed by atoms with Gasteiger partial charge in [-0.15, -0.1) is 0 Å². The number of aliphatic hydroxyl groups is 1. The molecule has 0 saturated carbocycles. The van der Waals surface area contributed by atoms with Crippen molar-refractivity contribution in [3.8, 4) is 0 Å². The number of rotatable bonds is 4. The van der Waals surface area contributed by atoms with Crippen LogP contribution in [-0.4, -0.2) is 16.0 Å². The summed E-state index contributed by atoms with van der Waals surface area (Å²) < 4.78 is 0. The van der Waals surface area contributed by atoms with Gasteiger partial charge in [0.25, 0.3) is 5.91 Å². The van der Waals surface area contributed by atoms with E-state index < -0.39 is 5.91 Å². The predicted molar refractivity (Wildman–Crippen MR) is 82.8 cm³/mol. The Kier molecular flexibility index (Phi) is 5.42. The fourth-order valence-corrected chi connectivity index (χ4v) is 2.23. The number of aliphatic hydroxyl groups excluding tert-OH is 1. The van der Waals surface area contributed by atoms with E-state index in [9.17, 15) is 4.79 Å². The quantitative estimate of drug-likeness (QED) is 0.834. The second-order valence-corrected chi connectivity index (χ2v) is 5.47. The second kappa shape index (κ2) is 7.09. The molecule has 1 amide bonds. The molecule has 0 unspecified atom stereocenters. The Hall–Kier alpha value is -1.33. The van der Waals surface area contributed by atoms with E-state index in [0.717, 1.165) is 5.56 Å². The van der Waals surface area contributed by atoms with Gasteiger partial charge in [0.15, 0.2) is 0 Å². The summed E-state index contributed by atoms with van der Waals surface area (Å²) in [6.07, 6.45) is 0. The molecule has 110 valence electrons. The van der Waals surface area contributed by atoms with E-state index in [1.807, 2.05) is 0 Å². The summed E-state index contributed by atoms with van der Waals surface area (Å²) in [4.78, 5) is 15.9. The van der Waals surface area contributed by atoms with Crippen molar-refractivity contribution < 1.29 is 9.90 Å². The van der Waals surface area contributed by atoms with Crippen LogP contribution in [0.15, 0.2) is 30.3 Å².